The van der Waals surface area contributed by atoms with Gasteiger partial charge in [0, 0.05) is 12.7 Å². The quantitative estimate of drug-likeness (QED) is 0.733. The zero-order valence-corrected chi connectivity index (χ0v) is 12.4. The number of imidazole rings is 1. The minimum atomic E-state index is -0.0611. The van der Waals surface area contributed by atoms with Crippen LogP contribution in [0.2, 0.25) is 0 Å². The summed E-state index contributed by atoms with van der Waals surface area (Å²) in [6, 6.07) is 3.96. The second-order valence-corrected chi connectivity index (χ2v) is 4.89. The molecule has 21 heavy (non-hydrogen) atoms. The number of pyridine rings is 1. The molecule has 2 N–H and O–H groups in total. The maximum absolute atomic E-state index is 12.0. The molecule has 2 heterocycles. The van der Waals surface area contributed by atoms with Crippen molar-refractivity contribution in [3.05, 3.63) is 35.3 Å². The highest BCUT2D eigenvalue weighted by molar-refractivity contribution is 5.78. The van der Waals surface area contributed by atoms with Crippen molar-refractivity contribution in [2.24, 2.45) is 0 Å². The van der Waals surface area contributed by atoms with Gasteiger partial charge in [-0.2, -0.15) is 0 Å². The van der Waals surface area contributed by atoms with Crippen LogP contribution in [0.1, 0.15) is 17.0 Å². The summed E-state index contributed by atoms with van der Waals surface area (Å²) in [6.07, 6.45) is 2.21. The number of nitrogens with zero attached hydrogens (tertiary/aromatic N) is 2. The fourth-order valence-electron chi connectivity index (χ4n) is 2.22. The van der Waals surface area contributed by atoms with E-state index in [0.29, 0.717) is 19.8 Å². The Kier molecular flexibility index (Phi) is 5.30. The number of aliphatic hydroxyl groups is 1. The third-order valence-electron chi connectivity index (χ3n) is 3.28. The summed E-state index contributed by atoms with van der Waals surface area (Å²) in [7, 11) is 0. The molecule has 6 heteroatoms. The number of rotatable bonds is 7. The highest BCUT2D eigenvalue weighted by atomic mass is 16.5. The van der Waals surface area contributed by atoms with E-state index in [0.717, 1.165) is 22.6 Å². The van der Waals surface area contributed by atoms with E-state index >= 15 is 0 Å². The van der Waals surface area contributed by atoms with Gasteiger partial charge in [-0.25, -0.2) is 4.98 Å². The van der Waals surface area contributed by atoms with E-state index < -0.39 is 0 Å². The zero-order chi connectivity index (χ0) is 15.2. The zero-order valence-electron chi connectivity index (χ0n) is 12.4. The summed E-state index contributed by atoms with van der Waals surface area (Å²) in [4.78, 5) is 16.5. The molecular formula is C15H21N3O3. The molecule has 0 bridgehead atoms. The van der Waals surface area contributed by atoms with Gasteiger partial charge in [-0.05, 0) is 25.5 Å². The average Bonchev–Trinajstić information content (AvgIpc) is 2.77. The van der Waals surface area contributed by atoms with Gasteiger partial charge < -0.3 is 19.6 Å². The van der Waals surface area contributed by atoms with Crippen LogP contribution in [0.4, 0.5) is 0 Å². The first-order chi connectivity index (χ1) is 10.1. The topological polar surface area (TPSA) is 75.9 Å². The minimum absolute atomic E-state index is 0.00565. The van der Waals surface area contributed by atoms with E-state index in [9.17, 15) is 4.79 Å². The normalized spacial score (nSPS) is 11.0. The molecule has 0 aromatic carbocycles. The van der Waals surface area contributed by atoms with Gasteiger partial charge in [0.25, 0.3) is 0 Å². The third-order valence-corrected chi connectivity index (χ3v) is 3.28. The Labute approximate surface area is 123 Å². The molecule has 114 valence electrons. The molecule has 2 rings (SSSR count). The van der Waals surface area contributed by atoms with Crippen LogP contribution in [0.25, 0.3) is 5.65 Å². The van der Waals surface area contributed by atoms with Crippen molar-refractivity contribution >= 4 is 11.6 Å². The standard InChI is InChI=1S/C15H21N3O3/c1-11-4-3-6-18-13(12(2)17-15(11)18)10-14(20)16-5-8-21-9-7-19/h3-4,6,19H,5,7-10H2,1-2H3,(H,16,20). The summed E-state index contributed by atoms with van der Waals surface area (Å²) < 4.78 is 7.06. The molecule has 0 unspecified atom stereocenters. The van der Waals surface area contributed by atoms with E-state index in [1.165, 1.54) is 0 Å². The Bertz CT molecular complexity index is 622. The molecular weight excluding hydrogens is 270 g/mol. The molecule has 0 aliphatic rings. The molecule has 1 amide bonds. The molecule has 0 spiro atoms. The Morgan fingerprint density at radius 3 is 3.00 bits per heavy atom. The van der Waals surface area contributed by atoms with Gasteiger partial charge in [-0.15, -0.1) is 0 Å². The molecule has 0 atom stereocenters. The second-order valence-electron chi connectivity index (χ2n) is 4.89. The Morgan fingerprint density at radius 2 is 2.24 bits per heavy atom. The smallest absolute Gasteiger partial charge is 0.226 e. The molecule has 0 saturated heterocycles. The number of nitrogens with one attached hydrogen (secondary N) is 1. The van der Waals surface area contributed by atoms with E-state index in [-0.39, 0.29) is 18.9 Å². The lowest BCUT2D eigenvalue weighted by molar-refractivity contribution is -0.120. The number of fused-ring (bicyclic) bond motifs is 1. The van der Waals surface area contributed by atoms with Crippen LogP contribution in [0, 0.1) is 13.8 Å². The van der Waals surface area contributed by atoms with Crippen molar-refractivity contribution in [2.45, 2.75) is 20.3 Å². The van der Waals surface area contributed by atoms with Crippen LogP contribution >= 0.6 is 0 Å². The third kappa shape index (κ3) is 3.80. The molecule has 0 saturated carbocycles. The Morgan fingerprint density at radius 1 is 1.43 bits per heavy atom. The molecule has 0 fully saturated rings. The van der Waals surface area contributed by atoms with Gasteiger partial charge in [-0.3, -0.25) is 4.79 Å². The van der Waals surface area contributed by atoms with Crippen molar-refractivity contribution in [1.29, 1.82) is 0 Å². The lowest BCUT2D eigenvalue weighted by Gasteiger charge is -2.07. The number of carbonyl (C=O) groups is 1. The van der Waals surface area contributed by atoms with E-state index in [2.05, 4.69) is 10.3 Å². The maximum Gasteiger partial charge on any atom is 0.226 e. The van der Waals surface area contributed by atoms with Gasteiger partial charge in [0.2, 0.25) is 5.91 Å². The summed E-state index contributed by atoms with van der Waals surface area (Å²) >= 11 is 0. The molecule has 0 radical (unpaired) electrons. The number of amides is 1. The van der Waals surface area contributed by atoms with Gasteiger partial charge in [-0.1, -0.05) is 6.07 Å². The van der Waals surface area contributed by atoms with Crippen molar-refractivity contribution in [3.63, 3.8) is 0 Å². The maximum atomic E-state index is 12.0. The van der Waals surface area contributed by atoms with Crippen molar-refractivity contribution in [3.8, 4) is 0 Å². The lowest BCUT2D eigenvalue weighted by Crippen LogP contribution is -2.29. The molecule has 2 aromatic heterocycles. The summed E-state index contributed by atoms with van der Waals surface area (Å²) in [5, 5.41) is 11.4. The minimum Gasteiger partial charge on any atom is -0.394 e. The van der Waals surface area contributed by atoms with Crippen LogP contribution in [0.15, 0.2) is 18.3 Å². The fourth-order valence-corrected chi connectivity index (χ4v) is 2.22. The molecule has 2 aromatic rings. The number of ether oxygens (including phenoxy) is 1. The van der Waals surface area contributed by atoms with Crippen molar-refractivity contribution in [2.75, 3.05) is 26.4 Å². The van der Waals surface area contributed by atoms with Crippen LogP contribution in [0.5, 0.6) is 0 Å². The fraction of sp³-hybridized carbons (Fsp3) is 0.467. The second kappa shape index (κ2) is 7.19. The summed E-state index contributed by atoms with van der Waals surface area (Å²) in [5.41, 5.74) is 3.76. The van der Waals surface area contributed by atoms with Gasteiger partial charge >= 0.3 is 0 Å². The summed E-state index contributed by atoms with van der Waals surface area (Å²) in [6.45, 7) is 5.05. The first kappa shape index (κ1) is 15.5. The van der Waals surface area contributed by atoms with Crippen LogP contribution in [0.3, 0.4) is 0 Å². The monoisotopic (exact) mass is 291 g/mol. The van der Waals surface area contributed by atoms with Crippen LogP contribution in [-0.2, 0) is 16.0 Å². The highest BCUT2D eigenvalue weighted by Gasteiger charge is 2.13. The predicted molar refractivity (Wildman–Crippen MR) is 79.3 cm³/mol. The molecule has 0 aliphatic heterocycles. The Hall–Kier alpha value is -1.92. The average molecular weight is 291 g/mol. The highest BCUT2D eigenvalue weighted by Crippen LogP contribution is 2.15. The van der Waals surface area contributed by atoms with E-state index in [1.54, 1.807) is 0 Å². The number of aryl methyl sites for hydroxylation is 2. The van der Waals surface area contributed by atoms with Crippen LogP contribution < -0.4 is 5.32 Å². The predicted octanol–water partition coefficient (Wildman–Crippen LogP) is 0.619. The van der Waals surface area contributed by atoms with Crippen molar-refractivity contribution in [1.82, 2.24) is 14.7 Å². The summed E-state index contributed by atoms with van der Waals surface area (Å²) in [5.74, 6) is -0.0611. The van der Waals surface area contributed by atoms with Gasteiger partial charge in [0.05, 0.1) is 37.6 Å². The number of hydrogen-bond acceptors (Lipinski definition) is 4. The number of aromatic nitrogens is 2. The van der Waals surface area contributed by atoms with E-state index in [4.69, 9.17) is 9.84 Å². The lowest BCUT2D eigenvalue weighted by atomic mass is 10.2. The van der Waals surface area contributed by atoms with Crippen LogP contribution in [-0.4, -0.2) is 46.8 Å². The van der Waals surface area contributed by atoms with Gasteiger partial charge in [0.15, 0.2) is 0 Å². The van der Waals surface area contributed by atoms with Crippen molar-refractivity contribution < 1.29 is 14.6 Å². The molecule has 6 nitrogen and oxygen atoms in total. The Balaban J connectivity index is 1.98. The van der Waals surface area contributed by atoms with Gasteiger partial charge in [0.1, 0.15) is 5.65 Å². The number of hydrogen-bond donors (Lipinski definition) is 2. The number of aliphatic hydroxyl groups excluding tert-OH is 1. The largest absolute Gasteiger partial charge is 0.394 e. The molecule has 0 aliphatic carbocycles. The first-order valence-electron chi connectivity index (χ1n) is 7.02. The first-order valence-corrected chi connectivity index (χ1v) is 7.02. The SMILES string of the molecule is Cc1nc2c(C)cccn2c1CC(=O)NCCOCCO. The van der Waals surface area contributed by atoms with E-state index in [1.807, 2.05) is 36.6 Å². The number of carbonyl (C=O) groups excluding carboxylic acids is 1.